The molecule has 0 aliphatic heterocycles. The molecule has 1 aromatic carbocycles. The van der Waals surface area contributed by atoms with Crippen LogP contribution >= 0.6 is 15.9 Å². The van der Waals surface area contributed by atoms with E-state index in [0.717, 1.165) is 10.0 Å². The Bertz CT molecular complexity index is 334. The van der Waals surface area contributed by atoms with Crippen molar-refractivity contribution in [1.82, 2.24) is 0 Å². The van der Waals surface area contributed by atoms with Crippen LogP contribution in [0.15, 0.2) is 16.6 Å². The maximum absolute atomic E-state index is 11.1. The number of carbonyl (C=O) groups is 1. The molecule has 1 aromatic rings. The van der Waals surface area contributed by atoms with Gasteiger partial charge in [-0.15, -0.1) is 0 Å². The Labute approximate surface area is 79.9 Å². The molecule has 0 spiro atoms. The molecular weight excluding hydrogens is 218 g/mol. The zero-order valence-corrected chi connectivity index (χ0v) is 8.60. The lowest BCUT2D eigenvalue weighted by molar-refractivity contribution is 0.101. The van der Waals surface area contributed by atoms with Crippen molar-refractivity contribution >= 4 is 27.4 Å². The molecule has 0 heterocycles. The maximum atomic E-state index is 11.1. The number of carbonyl (C=O) groups excluding carboxylic acids is 1. The average Bonchev–Trinajstić information content (AvgIpc) is 1.96. The molecule has 12 heavy (non-hydrogen) atoms. The van der Waals surface area contributed by atoms with E-state index in [0.29, 0.717) is 11.3 Å². The smallest absolute Gasteiger partial charge is 0.160 e. The maximum Gasteiger partial charge on any atom is 0.160 e. The van der Waals surface area contributed by atoms with E-state index in [1.54, 1.807) is 12.1 Å². The molecule has 0 bridgehead atoms. The highest BCUT2D eigenvalue weighted by molar-refractivity contribution is 9.10. The van der Waals surface area contributed by atoms with Gasteiger partial charge in [-0.3, -0.25) is 4.79 Å². The number of nitrogen functional groups attached to an aromatic ring is 1. The SMILES string of the molecule is CC(=O)c1cc(C)c(N)cc1Br. The summed E-state index contributed by atoms with van der Waals surface area (Å²) in [5.74, 6) is 0.0463. The van der Waals surface area contributed by atoms with E-state index in [1.165, 1.54) is 6.92 Å². The topological polar surface area (TPSA) is 43.1 Å². The first kappa shape index (κ1) is 9.26. The summed E-state index contributed by atoms with van der Waals surface area (Å²) in [6.07, 6.45) is 0. The third-order valence-corrected chi connectivity index (χ3v) is 2.39. The summed E-state index contributed by atoms with van der Waals surface area (Å²) in [5.41, 5.74) is 7.97. The Balaban J connectivity index is 3.33. The van der Waals surface area contributed by atoms with Crippen molar-refractivity contribution in [3.63, 3.8) is 0 Å². The second-order valence-electron chi connectivity index (χ2n) is 2.74. The Hall–Kier alpha value is -0.830. The second-order valence-corrected chi connectivity index (χ2v) is 3.60. The van der Waals surface area contributed by atoms with E-state index < -0.39 is 0 Å². The van der Waals surface area contributed by atoms with Crippen LogP contribution in [0.2, 0.25) is 0 Å². The van der Waals surface area contributed by atoms with E-state index in [-0.39, 0.29) is 5.78 Å². The van der Waals surface area contributed by atoms with Crippen LogP contribution in [-0.2, 0) is 0 Å². The van der Waals surface area contributed by atoms with Crippen LogP contribution in [0.1, 0.15) is 22.8 Å². The largest absolute Gasteiger partial charge is 0.398 e. The van der Waals surface area contributed by atoms with E-state index in [9.17, 15) is 4.79 Å². The molecule has 64 valence electrons. The summed E-state index contributed by atoms with van der Waals surface area (Å²) in [6.45, 7) is 3.42. The number of hydrogen-bond donors (Lipinski definition) is 1. The lowest BCUT2D eigenvalue weighted by Crippen LogP contribution is -1.97. The van der Waals surface area contributed by atoms with Crippen molar-refractivity contribution in [3.8, 4) is 0 Å². The molecule has 0 fully saturated rings. The quantitative estimate of drug-likeness (QED) is 0.592. The fourth-order valence-corrected chi connectivity index (χ4v) is 1.61. The number of hydrogen-bond acceptors (Lipinski definition) is 2. The molecule has 0 aliphatic carbocycles. The van der Waals surface area contributed by atoms with Crippen molar-refractivity contribution in [1.29, 1.82) is 0 Å². The van der Waals surface area contributed by atoms with Gasteiger partial charge in [0.25, 0.3) is 0 Å². The van der Waals surface area contributed by atoms with Crippen molar-refractivity contribution in [3.05, 3.63) is 27.7 Å². The molecule has 0 radical (unpaired) electrons. The van der Waals surface area contributed by atoms with E-state index in [2.05, 4.69) is 15.9 Å². The van der Waals surface area contributed by atoms with Gasteiger partial charge < -0.3 is 5.73 Å². The number of nitrogens with two attached hydrogens (primary N) is 1. The molecule has 0 amide bonds. The lowest BCUT2D eigenvalue weighted by atomic mass is 10.1. The minimum absolute atomic E-state index is 0.0463. The molecule has 0 unspecified atom stereocenters. The minimum Gasteiger partial charge on any atom is -0.398 e. The van der Waals surface area contributed by atoms with Crippen molar-refractivity contribution in [2.24, 2.45) is 0 Å². The molecule has 0 aromatic heterocycles. The lowest BCUT2D eigenvalue weighted by Gasteiger charge is -2.04. The van der Waals surface area contributed by atoms with Crippen LogP contribution in [0.25, 0.3) is 0 Å². The number of rotatable bonds is 1. The number of Topliss-reactive ketones (excluding diaryl/α,β-unsaturated/α-hetero) is 1. The first-order valence-electron chi connectivity index (χ1n) is 3.59. The zero-order valence-electron chi connectivity index (χ0n) is 7.02. The summed E-state index contributed by atoms with van der Waals surface area (Å²) in [5, 5.41) is 0. The Morgan fingerprint density at radius 1 is 1.50 bits per heavy atom. The normalized spacial score (nSPS) is 9.92. The van der Waals surface area contributed by atoms with Gasteiger partial charge in [-0.25, -0.2) is 0 Å². The van der Waals surface area contributed by atoms with Gasteiger partial charge in [0.05, 0.1) is 0 Å². The van der Waals surface area contributed by atoms with Crippen LogP contribution < -0.4 is 5.73 Å². The molecule has 2 N–H and O–H groups in total. The standard InChI is InChI=1S/C9H10BrNO/c1-5-3-7(6(2)12)8(10)4-9(5)11/h3-4H,11H2,1-2H3. The number of halogens is 1. The molecule has 0 atom stereocenters. The molecule has 0 saturated carbocycles. The van der Waals surface area contributed by atoms with Gasteiger partial charge in [0.1, 0.15) is 0 Å². The van der Waals surface area contributed by atoms with Crippen LogP contribution in [0.4, 0.5) is 5.69 Å². The molecule has 1 rings (SSSR count). The molecule has 0 aliphatic rings. The zero-order chi connectivity index (χ0) is 9.30. The third kappa shape index (κ3) is 1.67. The minimum atomic E-state index is 0.0463. The van der Waals surface area contributed by atoms with Gasteiger partial charge in [0, 0.05) is 15.7 Å². The predicted octanol–water partition coefficient (Wildman–Crippen LogP) is 2.54. The summed E-state index contributed by atoms with van der Waals surface area (Å²) >= 11 is 3.28. The van der Waals surface area contributed by atoms with E-state index >= 15 is 0 Å². The summed E-state index contributed by atoms with van der Waals surface area (Å²) in [6, 6.07) is 3.55. The molecule has 2 nitrogen and oxygen atoms in total. The summed E-state index contributed by atoms with van der Waals surface area (Å²) in [7, 11) is 0. The number of ketones is 1. The van der Waals surface area contributed by atoms with Crippen LogP contribution in [0, 0.1) is 6.92 Å². The highest BCUT2D eigenvalue weighted by Gasteiger charge is 2.06. The van der Waals surface area contributed by atoms with Gasteiger partial charge in [-0.05, 0) is 47.5 Å². The molecular formula is C9H10BrNO. The molecule has 3 heteroatoms. The number of aryl methyl sites for hydroxylation is 1. The third-order valence-electron chi connectivity index (χ3n) is 1.74. The Morgan fingerprint density at radius 2 is 2.08 bits per heavy atom. The second kappa shape index (κ2) is 3.27. The average molecular weight is 228 g/mol. The van der Waals surface area contributed by atoms with Gasteiger partial charge in [-0.2, -0.15) is 0 Å². The predicted molar refractivity (Wildman–Crippen MR) is 53.3 cm³/mol. The first-order chi connectivity index (χ1) is 5.52. The monoisotopic (exact) mass is 227 g/mol. The Morgan fingerprint density at radius 3 is 2.58 bits per heavy atom. The highest BCUT2D eigenvalue weighted by atomic mass is 79.9. The van der Waals surface area contributed by atoms with Crippen molar-refractivity contribution < 1.29 is 4.79 Å². The summed E-state index contributed by atoms with van der Waals surface area (Å²) < 4.78 is 0.762. The molecule has 0 saturated heterocycles. The van der Waals surface area contributed by atoms with Crippen molar-refractivity contribution in [2.75, 3.05) is 5.73 Å². The van der Waals surface area contributed by atoms with E-state index in [4.69, 9.17) is 5.73 Å². The van der Waals surface area contributed by atoms with Gasteiger partial charge in [0.15, 0.2) is 5.78 Å². The Kier molecular flexibility index (Phi) is 2.52. The fourth-order valence-electron chi connectivity index (χ4n) is 0.967. The first-order valence-corrected chi connectivity index (χ1v) is 4.38. The van der Waals surface area contributed by atoms with Crippen LogP contribution in [0.5, 0.6) is 0 Å². The highest BCUT2D eigenvalue weighted by Crippen LogP contribution is 2.23. The van der Waals surface area contributed by atoms with E-state index in [1.807, 2.05) is 6.92 Å². The van der Waals surface area contributed by atoms with Crippen molar-refractivity contribution in [2.45, 2.75) is 13.8 Å². The van der Waals surface area contributed by atoms with Gasteiger partial charge in [-0.1, -0.05) is 0 Å². The number of anilines is 1. The van der Waals surface area contributed by atoms with Gasteiger partial charge >= 0.3 is 0 Å². The number of benzene rings is 1. The van der Waals surface area contributed by atoms with Crippen LogP contribution in [-0.4, -0.2) is 5.78 Å². The fraction of sp³-hybridized carbons (Fsp3) is 0.222. The van der Waals surface area contributed by atoms with Gasteiger partial charge in [0.2, 0.25) is 0 Å². The summed E-state index contributed by atoms with van der Waals surface area (Å²) in [4.78, 5) is 11.1. The van der Waals surface area contributed by atoms with Crippen LogP contribution in [0.3, 0.4) is 0 Å².